The normalized spacial score (nSPS) is 14.2. The molecule has 5 nitrogen and oxygen atoms in total. The van der Waals surface area contributed by atoms with Gasteiger partial charge in [0.2, 0.25) is 0 Å². The summed E-state index contributed by atoms with van der Waals surface area (Å²) < 4.78 is 1.93. The van der Waals surface area contributed by atoms with E-state index >= 15 is 0 Å². The lowest BCUT2D eigenvalue weighted by Crippen LogP contribution is -2.51. The van der Waals surface area contributed by atoms with Crippen LogP contribution in [0.5, 0.6) is 0 Å². The van der Waals surface area contributed by atoms with Crippen LogP contribution in [0, 0.1) is 0 Å². The largest absolute Gasteiger partial charge is 0.321 e. The molecule has 0 amide bonds. The van der Waals surface area contributed by atoms with Gasteiger partial charge in [0.25, 0.3) is 0 Å². The molecule has 0 aromatic carbocycles. The van der Waals surface area contributed by atoms with Crippen LogP contribution in [-0.4, -0.2) is 38.5 Å². The summed E-state index contributed by atoms with van der Waals surface area (Å²) in [5.41, 5.74) is 7.38. The van der Waals surface area contributed by atoms with Crippen LogP contribution in [0.2, 0.25) is 0 Å². The molecular formula is C13H27N5. The van der Waals surface area contributed by atoms with Crippen molar-refractivity contribution >= 4 is 0 Å². The van der Waals surface area contributed by atoms with E-state index in [0.717, 1.165) is 31.7 Å². The Morgan fingerprint density at radius 1 is 1.33 bits per heavy atom. The minimum Gasteiger partial charge on any atom is -0.321 e. The quantitative estimate of drug-likeness (QED) is 0.805. The van der Waals surface area contributed by atoms with Gasteiger partial charge in [-0.2, -0.15) is 0 Å². The molecule has 1 aromatic heterocycles. The molecule has 0 saturated carbocycles. The van der Waals surface area contributed by atoms with Crippen LogP contribution >= 0.6 is 0 Å². The molecular weight excluding hydrogens is 226 g/mol. The first-order valence-corrected chi connectivity index (χ1v) is 6.87. The Balaban J connectivity index is 2.97. The molecule has 0 radical (unpaired) electrons. The zero-order valence-corrected chi connectivity index (χ0v) is 12.3. The first-order valence-electron chi connectivity index (χ1n) is 6.87. The summed E-state index contributed by atoms with van der Waals surface area (Å²) in [5, 5.41) is 8.12. The van der Waals surface area contributed by atoms with Gasteiger partial charge in [0.05, 0.1) is 17.9 Å². The van der Waals surface area contributed by atoms with E-state index in [1.807, 2.05) is 4.68 Å². The van der Waals surface area contributed by atoms with Gasteiger partial charge in [-0.25, -0.2) is 4.68 Å². The van der Waals surface area contributed by atoms with Crippen molar-refractivity contribution in [2.45, 2.75) is 59.2 Å². The predicted molar refractivity (Wildman–Crippen MR) is 74.2 cm³/mol. The lowest BCUT2D eigenvalue weighted by Gasteiger charge is -2.41. The van der Waals surface area contributed by atoms with Crippen LogP contribution in [0.4, 0.5) is 0 Å². The smallest absolute Gasteiger partial charge is 0.0773 e. The van der Waals surface area contributed by atoms with E-state index in [2.05, 4.69) is 49.8 Å². The average Bonchev–Trinajstić information content (AvgIpc) is 2.78. The molecule has 0 fully saturated rings. The number of hydrogen-bond donors (Lipinski definition) is 1. The Hall–Kier alpha value is -0.940. The summed E-state index contributed by atoms with van der Waals surface area (Å²) in [6.07, 6.45) is 2.83. The van der Waals surface area contributed by atoms with Gasteiger partial charge in [-0.05, 0) is 33.4 Å². The van der Waals surface area contributed by atoms with Gasteiger partial charge >= 0.3 is 0 Å². The minimum absolute atomic E-state index is 0.0843. The molecule has 1 atom stereocenters. The van der Waals surface area contributed by atoms with Gasteiger partial charge in [-0.15, -0.1) is 5.10 Å². The number of nitrogens with two attached hydrogens (primary N) is 1. The zero-order valence-electron chi connectivity index (χ0n) is 12.3. The summed E-state index contributed by atoms with van der Waals surface area (Å²) in [6.45, 7) is 13.7. The topological polar surface area (TPSA) is 60.0 Å². The third kappa shape index (κ3) is 2.90. The van der Waals surface area contributed by atoms with Crippen LogP contribution in [0.1, 0.15) is 52.8 Å². The highest BCUT2D eigenvalue weighted by molar-refractivity contribution is 5.09. The highest BCUT2D eigenvalue weighted by Gasteiger charge is 2.34. The van der Waals surface area contributed by atoms with Crippen molar-refractivity contribution in [3.05, 3.63) is 11.9 Å². The first-order chi connectivity index (χ1) is 8.48. The van der Waals surface area contributed by atoms with Gasteiger partial charge in [0, 0.05) is 12.1 Å². The molecule has 0 saturated heterocycles. The van der Waals surface area contributed by atoms with Gasteiger partial charge in [-0.3, -0.25) is 4.90 Å². The lowest BCUT2D eigenvalue weighted by atomic mass is 9.90. The highest BCUT2D eigenvalue weighted by atomic mass is 15.4. The molecule has 1 aromatic rings. The fraction of sp³-hybridized carbons (Fsp3) is 0.846. The number of aryl methyl sites for hydroxylation is 1. The number of rotatable bonds is 7. The van der Waals surface area contributed by atoms with E-state index < -0.39 is 0 Å². The van der Waals surface area contributed by atoms with Crippen LogP contribution in [-0.2, 0) is 6.54 Å². The Labute approximate surface area is 110 Å². The lowest BCUT2D eigenvalue weighted by molar-refractivity contribution is 0.103. The third-order valence-electron chi connectivity index (χ3n) is 3.74. The van der Waals surface area contributed by atoms with Crippen molar-refractivity contribution in [3.8, 4) is 0 Å². The molecule has 5 heteroatoms. The number of aromatic nitrogens is 3. The number of likely N-dealkylation sites (N-methyl/N-ethyl adjacent to an activating group) is 1. The number of nitrogens with zero attached hydrogens (tertiary/aromatic N) is 4. The van der Waals surface area contributed by atoms with E-state index in [1.54, 1.807) is 6.20 Å². The Kier molecular flexibility index (Phi) is 5.28. The fourth-order valence-electron chi connectivity index (χ4n) is 2.49. The number of hydrogen-bond acceptors (Lipinski definition) is 4. The molecule has 18 heavy (non-hydrogen) atoms. The standard InChI is InChI=1S/C13H27N5/c1-6-9-18-11(10-15-16-18)12(14)13(4,5)17(7-2)8-3/h10,12H,6-9,14H2,1-5H3. The summed E-state index contributed by atoms with van der Waals surface area (Å²) >= 11 is 0. The van der Waals surface area contributed by atoms with Crippen molar-refractivity contribution in [3.63, 3.8) is 0 Å². The minimum atomic E-state index is -0.100. The summed E-state index contributed by atoms with van der Waals surface area (Å²) in [4.78, 5) is 2.38. The molecule has 0 spiro atoms. The summed E-state index contributed by atoms with van der Waals surface area (Å²) in [5.74, 6) is 0. The fourth-order valence-corrected chi connectivity index (χ4v) is 2.49. The van der Waals surface area contributed by atoms with E-state index in [4.69, 9.17) is 5.73 Å². The molecule has 0 aliphatic carbocycles. The highest BCUT2D eigenvalue weighted by Crippen LogP contribution is 2.28. The van der Waals surface area contributed by atoms with Gasteiger partial charge in [0.15, 0.2) is 0 Å². The zero-order chi connectivity index (χ0) is 13.8. The van der Waals surface area contributed by atoms with Crippen LogP contribution < -0.4 is 5.73 Å². The first kappa shape index (κ1) is 15.1. The monoisotopic (exact) mass is 253 g/mol. The molecule has 0 aliphatic rings. The van der Waals surface area contributed by atoms with Crippen molar-refractivity contribution in [1.29, 1.82) is 0 Å². The van der Waals surface area contributed by atoms with Crippen molar-refractivity contribution < 1.29 is 0 Å². The second kappa shape index (κ2) is 6.29. The van der Waals surface area contributed by atoms with Gasteiger partial charge in [-0.1, -0.05) is 26.0 Å². The van der Waals surface area contributed by atoms with E-state index in [9.17, 15) is 0 Å². The van der Waals surface area contributed by atoms with Crippen LogP contribution in [0.25, 0.3) is 0 Å². The molecule has 0 bridgehead atoms. The van der Waals surface area contributed by atoms with E-state index in [0.29, 0.717) is 0 Å². The third-order valence-corrected chi connectivity index (χ3v) is 3.74. The van der Waals surface area contributed by atoms with E-state index in [-0.39, 0.29) is 11.6 Å². The molecule has 1 rings (SSSR count). The average molecular weight is 253 g/mol. The second-order valence-electron chi connectivity index (χ2n) is 5.19. The van der Waals surface area contributed by atoms with Crippen molar-refractivity contribution in [2.24, 2.45) is 5.73 Å². The van der Waals surface area contributed by atoms with Crippen molar-refractivity contribution in [1.82, 2.24) is 19.9 Å². The summed E-state index contributed by atoms with van der Waals surface area (Å²) in [7, 11) is 0. The molecule has 1 heterocycles. The summed E-state index contributed by atoms with van der Waals surface area (Å²) in [6, 6.07) is -0.0843. The van der Waals surface area contributed by atoms with Gasteiger partial charge < -0.3 is 5.73 Å². The second-order valence-corrected chi connectivity index (χ2v) is 5.19. The van der Waals surface area contributed by atoms with Crippen LogP contribution in [0.15, 0.2) is 6.20 Å². The predicted octanol–water partition coefficient (Wildman–Crippen LogP) is 1.81. The van der Waals surface area contributed by atoms with E-state index in [1.165, 1.54) is 0 Å². The van der Waals surface area contributed by atoms with Crippen molar-refractivity contribution in [2.75, 3.05) is 13.1 Å². The maximum absolute atomic E-state index is 6.46. The molecule has 0 aliphatic heterocycles. The Bertz CT molecular complexity index is 354. The Morgan fingerprint density at radius 3 is 2.44 bits per heavy atom. The molecule has 1 unspecified atom stereocenters. The molecule has 104 valence electrons. The van der Waals surface area contributed by atoms with Crippen LogP contribution in [0.3, 0.4) is 0 Å². The maximum Gasteiger partial charge on any atom is 0.0773 e. The Morgan fingerprint density at radius 2 is 1.94 bits per heavy atom. The van der Waals surface area contributed by atoms with Gasteiger partial charge in [0.1, 0.15) is 0 Å². The SMILES string of the molecule is CCCn1nncc1C(N)C(C)(C)N(CC)CC. The molecule has 2 N–H and O–H groups in total. The maximum atomic E-state index is 6.46.